The zero-order valence-corrected chi connectivity index (χ0v) is 16.7. The first-order valence-electron chi connectivity index (χ1n) is 8.52. The van der Waals surface area contributed by atoms with Gasteiger partial charge in [0.15, 0.2) is 0 Å². The standard InChI is InChI=1S/C20H16ClFN2O3S/c1-23-19-18(28-20(23)26)14(11-3-8-16(22)15(21)9-11)10-17(25)24(19)12-4-6-13(27-2)7-5-12/h3-9,14H,10H2,1-2H3/t14-/m0/s1. The van der Waals surface area contributed by atoms with Gasteiger partial charge >= 0.3 is 4.87 Å². The molecule has 1 atom stereocenters. The zero-order valence-electron chi connectivity index (χ0n) is 15.1. The Morgan fingerprint density at radius 2 is 1.89 bits per heavy atom. The number of aromatic nitrogens is 1. The van der Waals surface area contributed by atoms with Gasteiger partial charge < -0.3 is 4.74 Å². The third-order valence-corrected chi connectivity index (χ3v) is 6.27. The number of rotatable bonds is 3. The molecule has 0 fully saturated rings. The Bertz CT molecular complexity index is 1120. The van der Waals surface area contributed by atoms with E-state index in [0.717, 1.165) is 16.2 Å². The zero-order chi connectivity index (χ0) is 20.0. The van der Waals surface area contributed by atoms with Crippen molar-refractivity contribution in [1.82, 2.24) is 4.57 Å². The van der Waals surface area contributed by atoms with Crippen molar-refractivity contribution in [2.75, 3.05) is 12.0 Å². The molecule has 2 aromatic carbocycles. The van der Waals surface area contributed by atoms with Crippen LogP contribution in [0.25, 0.3) is 0 Å². The van der Waals surface area contributed by atoms with E-state index in [9.17, 15) is 14.0 Å². The van der Waals surface area contributed by atoms with Crippen LogP contribution >= 0.6 is 22.9 Å². The van der Waals surface area contributed by atoms with Crippen molar-refractivity contribution in [2.45, 2.75) is 12.3 Å². The Kier molecular flexibility index (Phi) is 4.72. The summed E-state index contributed by atoms with van der Waals surface area (Å²) in [4.78, 5) is 27.6. The molecule has 144 valence electrons. The molecule has 1 aromatic heterocycles. The molecule has 1 aliphatic heterocycles. The van der Waals surface area contributed by atoms with Gasteiger partial charge in [-0.2, -0.15) is 0 Å². The lowest BCUT2D eigenvalue weighted by Gasteiger charge is -2.32. The first-order valence-corrected chi connectivity index (χ1v) is 9.72. The Morgan fingerprint density at radius 3 is 2.54 bits per heavy atom. The van der Waals surface area contributed by atoms with E-state index in [0.29, 0.717) is 22.8 Å². The highest BCUT2D eigenvalue weighted by molar-refractivity contribution is 7.10. The number of benzene rings is 2. The summed E-state index contributed by atoms with van der Waals surface area (Å²) in [5.74, 6) is 0.174. The van der Waals surface area contributed by atoms with Crippen molar-refractivity contribution in [3.63, 3.8) is 0 Å². The number of thiazole rings is 1. The Labute approximate surface area is 169 Å². The smallest absolute Gasteiger partial charge is 0.308 e. The van der Waals surface area contributed by atoms with Gasteiger partial charge in [-0.25, -0.2) is 4.39 Å². The van der Waals surface area contributed by atoms with Gasteiger partial charge in [0.25, 0.3) is 0 Å². The summed E-state index contributed by atoms with van der Waals surface area (Å²) < 4.78 is 20.2. The quantitative estimate of drug-likeness (QED) is 0.631. The summed E-state index contributed by atoms with van der Waals surface area (Å²) in [6, 6.07) is 11.5. The maximum Gasteiger partial charge on any atom is 0.308 e. The maximum absolute atomic E-state index is 13.6. The van der Waals surface area contributed by atoms with Gasteiger partial charge in [0.2, 0.25) is 5.91 Å². The summed E-state index contributed by atoms with van der Waals surface area (Å²) in [6.45, 7) is 0. The molecule has 4 rings (SSSR count). The molecule has 8 heteroatoms. The largest absolute Gasteiger partial charge is 0.497 e. The first-order chi connectivity index (χ1) is 13.4. The van der Waals surface area contributed by atoms with Gasteiger partial charge in [0, 0.05) is 19.4 Å². The number of methoxy groups -OCH3 is 1. The molecular weight excluding hydrogens is 403 g/mol. The average molecular weight is 419 g/mol. The summed E-state index contributed by atoms with van der Waals surface area (Å²) in [7, 11) is 3.21. The monoisotopic (exact) mass is 418 g/mol. The van der Waals surface area contributed by atoms with Gasteiger partial charge in [-0.3, -0.25) is 19.1 Å². The Balaban J connectivity index is 1.86. The van der Waals surface area contributed by atoms with E-state index in [2.05, 4.69) is 0 Å². The number of carbonyl (C=O) groups is 1. The highest BCUT2D eigenvalue weighted by Gasteiger charge is 2.37. The molecule has 0 saturated heterocycles. The van der Waals surface area contributed by atoms with Crippen molar-refractivity contribution < 1.29 is 13.9 Å². The molecular formula is C20H16ClFN2O3S. The number of amides is 1. The van der Waals surface area contributed by atoms with Crippen molar-refractivity contribution in [3.8, 4) is 5.75 Å². The number of hydrogen-bond acceptors (Lipinski definition) is 4. The second kappa shape index (κ2) is 7.07. The van der Waals surface area contributed by atoms with Gasteiger partial charge in [-0.15, -0.1) is 0 Å². The number of ether oxygens (including phenoxy) is 1. The van der Waals surface area contributed by atoms with E-state index in [1.807, 2.05) is 0 Å². The fourth-order valence-corrected chi connectivity index (χ4v) is 4.70. The van der Waals surface area contributed by atoms with Crippen LogP contribution in [0.5, 0.6) is 5.75 Å². The minimum absolute atomic E-state index is 0.00707. The third-order valence-electron chi connectivity index (χ3n) is 4.84. The molecule has 0 aliphatic carbocycles. The van der Waals surface area contributed by atoms with E-state index >= 15 is 0 Å². The van der Waals surface area contributed by atoms with Crippen LogP contribution in [-0.2, 0) is 11.8 Å². The fraction of sp³-hybridized carbons (Fsp3) is 0.200. The molecule has 5 nitrogen and oxygen atoms in total. The van der Waals surface area contributed by atoms with Crippen LogP contribution in [0, 0.1) is 5.82 Å². The van der Waals surface area contributed by atoms with Gasteiger partial charge in [-0.05, 0) is 42.0 Å². The van der Waals surface area contributed by atoms with E-state index < -0.39 is 5.82 Å². The van der Waals surface area contributed by atoms with Crippen LogP contribution in [-0.4, -0.2) is 17.6 Å². The summed E-state index contributed by atoms with van der Waals surface area (Å²) in [6.07, 6.45) is 0.154. The predicted octanol–water partition coefficient (Wildman–Crippen LogP) is 4.45. The molecule has 0 spiro atoms. The van der Waals surface area contributed by atoms with Gasteiger partial charge in [0.1, 0.15) is 17.4 Å². The molecule has 0 radical (unpaired) electrons. The molecule has 3 aromatic rings. The lowest BCUT2D eigenvalue weighted by atomic mass is 9.90. The van der Waals surface area contributed by atoms with Crippen molar-refractivity contribution in [2.24, 2.45) is 7.05 Å². The lowest BCUT2D eigenvalue weighted by molar-refractivity contribution is -0.118. The van der Waals surface area contributed by atoms with Crippen LogP contribution in [0.4, 0.5) is 15.9 Å². The molecule has 2 heterocycles. The van der Waals surface area contributed by atoms with Crippen LogP contribution in [0.15, 0.2) is 47.3 Å². The normalized spacial score (nSPS) is 16.2. The number of halogens is 2. The minimum Gasteiger partial charge on any atom is -0.497 e. The summed E-state index contributed by atoms with van der Waals surface area (Å²) >= 11 is 7.03. The number of hydrogen-bond donors (Lipinski definition) is 0. The van der Waals surface area contributed by atoms with Crippen LogP contribution < -0.4 is 14.5 Å². The molecule has 28 heavy (non-hydrogen) atoms. The fourth-order valence-electron chi connectivity index (χ4n) is 3.42. The van der Waals surface area contributed by atoms with Gasteiger partial charge in [-0.1, -0.05) is 29.0 Å². The molecule has 1 amide bonds. The molecule has 0 saturated carbocycles. The number of nitrogens with zero attached hydrogens (tertiary/aromatic N) is 2. The predicted molar refractivity (Wildman–Crippen MR) is 108 cm³/mol. The Morgan fingerprint density at radius 1 is 1.18 bits per heavy atom. The first kappa shape index (κ1) is 18.7. The molecule has 0 bridgehead atoms. The van der Waals surface area contributed by atoms with Crippen molar-refractivity contribution in [1.29, 1.82) is 0 Å². The minimum atomic E-state index is -0.520. The topological polar surface area (TPSA) is 51.5 Å². The maximum atomic E-state index is 13.6. The summed E-state index contributed by atoms with van der Waals surface area (Å²) in [5, 5.41) is -0.00707. The second-order valence-electron chi connectivity index (χ2n) is 6.47. The van der Waals surface area contributed by atoms with Crippen LogP contribution in [0.3, 0.4) is 0 Å². The Hall–Kier alpha value is -2.64. The highest BCUT2D eigenvalue weighted by Crippen LogP contribution is 2.45. The molecule has 1 aliphatic rings. The van der Waals surface area contributed by atoms with E-state index in [4.69, 9.17) is 16.3 Å². The summed E-state index contributed by atoms with van der Waals surface area (Å²) in [5.41, 5.74) is 1.35. The molecule has 0 N–H and O–H groups in total. The average Bonchev–Trinajstić information content (AvgIpc) is 2.98. The SMILES string of the molecule is COc1ccc(N2C(=O)C[C@@H](c3ccc(F)c(Cl)c3)c3sc(=O)n(C)c32)cc1. The van der Waals surface area contributed by atoms with Crippen LogP contribution in [0.1, 0.15) is 22.8 Å². The van der Waals surface area contributed by atoms with E-state index in [1.165, 1.54) is 16.7 Å². The van der Waals surface area contributed by atoms with Crippen molar-refractivity contribution in [3.05, 3.63) is 73.4 Å². The van der Waals surface area contributed by atoms with E-state index in [-0.39, 0.29) is 28.1 Å². The lowest BCUT2D eigenvalue weighted by Crippen LogP contribution is -2.34. The number of fused-ring (bicyclic) bond motifs is 1. The third kappa shape index (κ3) is 3.00. The number of carbonyl (C=O) groups excluding carboxylic acids is 1. The van der Waals surface area contributed by atoms with Crippen LogP contribution in [0.2, 0.25) is 5.02 Å². The van der Waals surface area contributed by atoms with Gasteiger partial charge in [0.05, 0.1) is 22.7 Å². The second-order valence-corrected chi connectivity index (χ2v) is 7.87. The number of anilines is 2. The molecule has 0 unspecified atom stereocenters. The van der Waals surface area contributed by atoms with E-state index in [1.54, 1.807) is 49.4 Å². The highest BCUT2D eigenvalue weighted by atomic mass is 35.5. The van der Waals surface area contributed by atoms with Crippen molar-refractivity contribution >= 4 is 40.4 Å².